The molecule has 0 aromatic carbocycles. The van der Waals surface area contributed by atoms with Gasteiger partial charge in [0.2, 0.25) is 5.95 Å². The third-order valence-electron chi connectivity index (χ3n) is 3.69. The zero-order chi connectivity index (χ0) is 12.5. The van der Waals surface area contributed by atoms with Gasteiger partial charge in [-0.3, -0.25) is 0 Å². The van der Waals surface area contributed by atoms with Crippen molar-refractivity contribution in [1.29, 1.82) is 0 Å². The van der Waals surface area contributed by atoms with Gasteiger partial charge in [-0.15, -0.1) is 0 Å². The van der Waals surface area contributed by atoms with Crippen molar-refractivity contribution in [3.8, 4) is 0 Å². The smallest absolute Gasteiger partial charge is 0.224 e. The van der Waals surface area contributed by atoms with Gasteiger partial charge in [0.1, 0.15) is 5.02 Å². The molecule has 2 N–H and O–H groups in total. The lowest BCUT2D eigenvalue weighted by Crippen LogP contribution is -2.21. The molecule has 0 saturated heterocycles. The van der Waals surface area contributed by atoms with Crippen LogP contribution in [-0.2, 0) is 0 Å². The van der Waals surface area contributed by atoms with E-state index in [4.69, 9.17) is 11.6 Å². The van der Waals surface area contributed by atoms with Crippen LogP contribution < -0.4 is 10.6 Å². The zero-order valence-corrected chi connectivity index (χ0v) is 11.3. The first-order valence-electron chi connectivity index (χ1n) is 6.01. The van der Waals surface area contributed by atoms with Gasteiger partial charge in [-0.25, -0.2) is 4.98 Å². The quantitative estimate of drug-likeness (QED) is 0.848. The van der Waals surface area contributed by atoms with Crippen LogP contribution in [0.1, 0.15) is 26.7 Å². The van der Waals surface area contributed by atoms with E-state index in [-0.39, 0.29) is 0 Å². The largest absolute Gasteiger partial charge is 0.368 e. The van der Waals surface area contributed by atoms with Crippen LogP contribution in [0, 0.1) is 11.3 Å². The Morgan fingerprint density at radius 2 is 2.18 bits per heavy atom. The van der Waals surface area contributed by atoms with Gasteiger partial charge in [-0.1, -0.05) is 25.4 Å². The van der Waals surface area contributed by atoms with E-state index >= 15 is 0 Å². The van der Waals surface area contributed by atoms with Gasteiger partial charge in [0.25, 0.3) is 0 Å². The number of aromatic nitrogens is 2. The Hall–Kier alpha value is -1.03. The lowest BCUT2D eigenvalue weighted by Gasteiger charge is -2.20. The lowest BCUT2D eigenvalue weighted by atomic mass is 9.92. The Morgan fingerprint density at radius 3 is 2.71 bits per heavy atom. The molecule has 1 aliphatic carbocycles. The average Bonchev–Trinajstić information content (AvgIpc) is 3.09. The van der Waals surface area contributed by atoms with Crippen molar-refractivity contribution in [2.75, 3.05) is 24.2 Å². The molecule has 1 saturated carbocycles. The summed E-state index contributed by atoms with van der Waals surface area (Å²) in [5.41, 5.74) is 0.439. The van der Waals surface area contributed by atoms with Gasteiger partial charge in [-0.2, -0.15) is 4.98 Å². The lowest BCUT2D eigenvalue weighted by molar-refractivity contribution is 0.380. The molecular formula is C12H19ClN4. The van der Waals surface area contributed by atoms with Crippen LogP contribution in [0.15, 0.2) is 6.20 Å². The van der Waals surface area contributed by atoms with Crippen LogP contribution in [0.25, 0.3) is 0 Å². The predicted molar refractivity (Wildman–Crippen MR) is 71.6 cm³/mol. The van der Waals surface area contributed by atoms with E-state index < -0.39 is 0 Å². The third kappa shape index (κ3) is 2.63. The third-order valence-corrected chi connectivity index (χ3v) is 3.97. The van der Waals surface area contributed by atoms with Crippen molar-refractivity contribution < 1.29 is 0 Å². The average molecular weight is 255 g/mol. The summed E-state index contributed by atoms with van der Waals surface area (Å²) in [6, 6.07) is 0. The molecule has 0 atom stereocenters. The molecule has 1 heterocycles. The van der Waals surface area contributed by atoms with E-state index in [9.17, 15) is 0 Å². The molecule has 5 heteroatoms. The normalized spacial score (nSPS) is 17.0. The number of anilines is 2. The highest BCUT2D eigenvalue weighted by molar-refractivity contribution is 6.32. The van der Waals surface area contributed by atoms with E-state index in [1.807, 2.05) is 0 Å². The molecule has 94 valence electrons. The Bertz CT molecular complexity index is 401. The molecule has 1 fully saturated rings. The van der Waals surface area contributed by atoms with Crippen LogP contribution in [0.4, 0.5) is 11.8 Å². The number of rotatable bonds is 5. The predicted octanol–water partition coefficient (Wildman–Crippen LogP) is 3.02. The first-order valence-corrected chi connectivity index (χ1v) is 6.39. The van der Waals surface area contributed by atoms with Crippen LogP contribution in [0.2, 0.25) is 5.02 Å². The molecule has 4 nitrogen and oxygen atoms in total. The SMILES string of the molecule is CNc1ncc(Cl)c(NCC2(C(C)C)CC2)n1. The fourth-order valence-corrected chi connectivity index (χ4v) is 2.15. The summed E-state index contributed by atoms with van der Waals surface area (Å²) in [5.74, 6) is 2.00. The van der Waals surface area contributed by atoms with Gasteiger partial charge < -0.3 is 10.6 Å². The number of halogens is 1. The Balaban J connectivity index is 2.04. The summed E-state index contributed by atoms with van der Waals surface area (Å²) >= 11 is 6.07. The summed E-state index contributed by atoms with van der Waals surface area (Å²) < 4.78 is 0. The van der Waals surface area contributed by atoms with E-state index in [1.54, 1.807) is 13.2 Å². The van der Waals surface area contributed by atoms with Crippen molar-refractivity contribution in [1.82, 2.24) is 9.97 Å². The van der Waals surface area contributed by atoms with Gasteiger partial charge in [0.15, 0.2) is 5.82 Å². The fraction of sp³-hybridized carbons (Fsp3) is 0.667. The van der Waals surface area contributed by atoms with Crippen molar-refractivity contribution >= 4 is 23.4 Å². The summed E-state index contributed by atoms with van der Waals surface area (Å²) in [7, 11) is 1.80. The Labute approximate surface area is 107 Å². The van der Waals surface area contributed by atoms with Gasteiger partial charge in [0, 0.05) is 13.6 Å². The highest BCUT2D eigenvalue weighted by Gasteiger charge is 2.45. The maximum atomic E-state index is 6.07. The monoisotopic (exact) mass is 254 g/mol. The molecule has 0 unspecified atom stereocenters. The van der Waals surface area contributed by atoms with Gasteiger partial charge >= 0.3 is 0 Å². The zero-order valence-electron chi connectivity index (χ0n) is 10.5. The molecule has 17 heavy (non-hydrogen) atoms. The Kier molecular flexibility index (Phi) is 3.43. The highest BCUT2D eigenvalue weighted by Crippen LogP contribution is 2.51. The summed E-state index contributed by atoms with van der Waals surface area (Å²) in [4.78, 5) is 8.37. The highest BCUT2D eigenvalue weighted by atomic mass is 35.5. The number of nitrogens with zero attached hydrogens (tertiary/aromatic N) is 2. The fourth-order valence-electron chi connectivity index (χ4n) is 1.99. The molecule has 1 aliphatic rings. The first-order chi connectivity index (χ1) is 8.07. The standard InChI is InChI=1S/C12H19ClN4/c1-8(2)12(4-5-12)7-16-10-9(13)6-15-11(14-3)17-10/h6,8H,4-5,7H2,1-3H3,(H2,14,15,16,17). The minimum Gasteiger partial charge on any atom is -0.368 e. The van der Waals surface area contributed by atoms with Crippen molar-refractivity contribution in [3.63, 3.8) is 0 Å². The molecule has 1 aromatic rings. The molecular weight excluding hydrogens is 236 g/mol. The second kappa shape index (κ2) is 4.69. The van der Waals surface area contributed by atoms with Crippen LogP contribution in [-0.4, -0.2) is 23.6 Å². The molecule has 0 spiro atoms. The second-order valence-corrected chi connectivity index (χ2v) is 5.42. The molecule has 2 rings (SSSR count). The first kappa shape index (κ1) is 12.4. The maximum absolute atomic E-state index is 6.07. The van der Waals surface area contributed by atoms with E-state index in [0.717, 1.165) is 12.4 Å². The number of hydrogen-bond acceptors (Lipinski definition) is 4. The van der Waals surface area contributed by atoms with Crippen LogP contribution >= 0.6 is 11.6 Å². The number of hydrogen-bond donors (Lipinski definition) is 2. The van der Waals surface area contributed by atoms with Gasteiger partial charge in [0.05, 0.1) is 6.20 Å². The minimum atomic E-state index is 0.439. The van der Waals surface area contributed by atoms with E-state index in [0.29, 0.717) is 22.3 Å². The van der Waals surface area contributed by atoms with Crippen molar-refractivity contribution in [3.05, 3.63) is 11.2 Å². The van der Waals surface area contributed by atoms with E-state index in [2.05, 4.69) is 34.4 Å². The van der Waals surface area contributed by atoms with Crippen molar-refractivity contribution in [2.24, 2.45) is 11.3 Å². The molecule has 0 radical (unpaired) electrons. The van der Waals surface area contributed by atoms with Crippen LogP contribution in [0.5, 0.6) is 0 Å². The van der Waals surface area contributed by atoms with E-state index in [1.165, 1.54) is 12.8 Å². The summed E-state index contributed by atoms with van der Waals surface area (Å²) in [5, 5.41) is 6.83. The van der Waals surface area contributed by atoms with Crippen LogP contribution in [0.3, 0.4) is 0 Å². The van der Waals surface area contributed by atoms with Gasteiger partial charge in [-0.05, 0) is 24.2 Å². The molecule has 0 aliphatic heterocycles. The number of nitrogens with one attached hydrogen (secondary N) is 2. The maximum Gasteiger partial charge on any atom is 0.224 e. The summed E-state index contributed by atoms with van der Waals surface area (Å²) in [6.45, 7) is 5.48. The summed E-state index contributed by atoms with van der Waals surface area (Å²) in [6.07, 6.45) is 4.20. The second-order valence-electron chi connectivity index (χ2n) is 5.01. The Morgan fingerprint density at radius 1 is 1.47 bits per heavy atom. The topological polar surface area (TPSA) is 49.8 Å². The molecule has 0 bridgehead atoms. The molecule has 1 aromatic heterocycles. The minimum absolute atomic E-state index is 0.439. The van der Waals surface area contributed by atoms with Crippen molar-refractivity contribution in [2.45, 2.75) is 26.7 Å². The molecule has 0 amide bonds.